The van der Waals surface area contributed by atoms with Crippen molar-refractivity contribution in [1.82, 2.24) is 9.55 Å². The highest BCUT2D eigenvalue weighted by Crippen LogP contribution is 2.37. The fourth-order valence-electron chi connectivity index (χ4n) is 2.06. The number of hydrogen-bond acceptors (Lipinski definition) is 6. The zero-order valence-electron chi connectivity index (χ0n) is 11.1. The Morgan fingerprint density at radius 3 is 2.86 bits per heavy atom. The first-order valence-electron chi connectivity index (χ1n) is 6.10. The van der Waals surface area contributed by atoms with E-state index in [4.69, 9.17) is 20.3 Å². The number of aryl methyl sites for hydroxylation is 1. The first kappa shape index (κ1) is 16.1. The monoisotopic (exact) mass is 321 g/mol. The predicted molar refractivity (Wildman–Crippen MR) is 70.6 cm³/mol. The maximum absolute atomic E-state index is 11.7. The molecule has 21 heavy (non-hydrogen) atoms. The second-order valence-electron chi connectivity index (χ2n) is 4.79. The summed E-state index contributed by atoms with van der Waals surface area (Å²) in [6.07, 6.45) is 0.112. The summed E-state index contributed by atoms with van der Waals surface area (Å²) in [4.78, 5) is 42.5. The largest absolute Gasteiger partial charge is 0.469 e. The molecule has 2 heterocycles. The summed E-state index contributed by atoms with van der Waals surface area (Å²) in [5, 5.41) is 0. The average molecular weight is 321 g/mol. The molecule has 10 nitrogen and oxygen atoms in total. The number of phosphoric acid groups is 1. The van der Waals surface area contributed by atoms with E-state index in [-0.39, 0.29) is 13.0 Å². The zero-order valence-corrected chi connectivity index (χ0v) is 12.0. The topological polar surface area (TPSA) is 157 Å². The number of ether oxygens (including phenoxy) is 1. The summed E-state index contributed by atoms with van der Waals surface area (Å²) in [7, 11) is -4.61. The molecule has 2 rings (SSSR count). The maximum atomic E-state index is 11.7. The van der Waals surface area contributed by atoms with Gasteiger partial charge in [-0.25, -0.2) is 9.36 Å². The summed E-state index contributed by atoms with van der Waals surface area (Å²) in [5.41, 5.74) is 5.02. The zero-order chi connectivity index (χ0) is 15.8. The van der Waals surface area contributed by atoms with Crippen molar-refractivity contribution in [1.29, 1.82) is 0 Å². The molecule has 1 saturated heterocycles. The van der Waals surface area contributed by atoms with Crippen LogP contribution < -0.4 is 17.0 Å². The van der Waals surface area contributed by atoms with E-state index in [2.05, 4.69) is 9.51 Å². The quantitative estimate of drug-likeness (QED) is 0.491. The Morgan fingerprint density at radius 2 is 2.24 bits per heavy atom. The molecule has 0 aliphatic carbocycles. The van der Waals surface area contributed by atoms with E-state index in [1.54, 1.807) is 0 Å². The van der Waals surface area contributed by atoms with Gasteiger partial charge in [-0.1, -0.05) is 0 Å². The van der Waals surface area contributed by atoms with Gasteiger partial charge < -0.3 is 20.3 Å². The van der Waals surface area contributed by atoms with Crippen molar-refractivity contribution in [2.45, 2.75) is 31.7 Å². The van der Waals surface area contributed by atoms with Crippen LogP contribution in [0.15, 0.2) is 15.8 Å². The van der Waals surface area contributed by atoms with E-state index in [9.17, 15) is 14.2 Å². The lowest BCUT2D eigenvalue weighted by atomic mass is 10.1. The van der Waals surface area contributed by atoms with Crippen molar-refractivity contribution in [3.05, 3.63) is 32.6 Å². The van der Waals surface area contributed by atoms with Gasteiger partial charge in [-0.05, 0) is 6.92 Å². The van der Waals surface area contributed by atoms with E-state index in [0.29, 0.717) is 5.56 Å². The first-order valence-corrected chi connectivity index (χ1v) is 7.63. The normalized spacial score (nSPS) is 26.2. The number of nitrogens with zero attached hydrogens (tertiary/aromatic N) is 1. The molecule has 0 amide bonds. The summed E-state index contributed by atoms with van der Waals surface area (Å²) in [6, 6.07) is -0.555. The minimum atomic E-state index is -4.61. The number of phosphoric ester groups is 1. The van der Waals surface area contributed by atoms with Crippen molar-refractivity contribution >= 4 is 7.82 Å². The molecule has 1 aromatic heterocycles. The number of hydrogen-bond donors (Lipinski definition) is 4. The molecule has 3 atom stereocenters. The number of aromatic amines is 1. The highest BCUT2D eigenvalue weighted by Gasteiger charge is 2.36. The average Bonchev–Trinajstić information content (AvgIpc) is 2.72. The summed E-state index contributed by atoms with van der Waals surface area (Å²) >= 11 is 0. The second kappa shape index (κ2) is 5.84. The van der Waals surface area contributed by atoms with Gasteiger partial charge in [-0.15, -0.1) is 0 Å². The van der Waals surface area contributed by atoms with Crippen molar-refractivity contribution < 1.29 is 23.6 Å². The van der Waals surface area contributed by atoms with Crippen LogP contribution in [-0.4, -0.2) is 38.1 Å². The lowest BCUT2D eigenvalue weighted by Gasteiger charge is -2.16. The van der Waals surface area contributed by atoms with Crippen molar-refractivity contribution in [3.8, 4) is 0 Å². The Balaban J connectivity index is 2.14. The molecule has 0 radical (unpaired) electrons. The van der Waals surface area contributed by atoms with E-state index in [1.165, 1.54) is 17.7 Å². The molecule has 11 heteroatoms. The molecular weight excluding hydrogens is 305 g/mol. The third kappa shape index (κ3) is 3.88. The highest BCUT2D eigenvalue weighted by molar-refractivity contribution is 7.46. The fraction of sp³-hybridized carbons (Fsp3) is 0.600. The Morgan fingerprint density at radius 1 is 1.57 bits per heavy atom. The SMILES string of the molecule is Cc1cn([C@H]2C[C@@H](N)[C@H](COP(=O)(O)O)O2)c(=O)[nH]c1=O. The third-order valence-corrected chi connectivity index (χ3v) is 3.63. The molecule has 0 bridgehead atoms. The number of rotatable bonds is 4. The predicted octanol–water partition coefficient (Wildman–Crippen LogP) is -1.43. The lowest BCUT2D eigenvalue weighted by Crippen LogP contribution is -2.33. The molecule has 1 aromatic rings. The van der Waals surface area contributed by atoms with Crippen LogP contribution in [0.5, 0.6) is 0 Å². The summed E-state index contributed by atoms with van der Waals surface area (Å²) in [6.45, 7) is 1.15. The molecule has 0 saturated carbocycles. The van der Waals surface area contributed by atoms with Gasteiger partial charge in [0.1, 0.15) is 6.23 Å². The van der Waals surface area contributed by atoms with Crippen LogP contribution in [0.1, 0.15) is 18.2 Å². The van der Waals surface area contributed by atoms with Crippen LogP contribution in [-0.2, 0) is 13.8 Å². The van der Waals surface area contributed by atoms with Crippen molar-refractivity contribution in [2.75, 3.05) is 6.61 Å². The Bertz CT molecular complexity index is 678. The summed E-state index contributed by atoms with van der Waals surface area (Å²) in [5.74, 6) is 0. The molecule has 1 aliphatic heterocycles. The second-order valence-corrected chi connectivity index (χ2v) is 6.03. The molecule has 118 valence electrons. The molecule has 5 N–H and O–H groups in total. The van der Waals surface area contributed by atoms with Gasteiger partial charge >= 0.3 is 13.5 Å². The van der Waals surface area contributed by atoms with Crippen LogP contribution in [0, 0.1) is 6.92 Å². The van der Waals surface area contributed by atoms with Crippen LogP contribution >= 0.6 is 7.82 Å². The molecule has 0 aromatic carbocycles. The highest BCUT2D eigenvalue weighted by atomic mass is 31.2. The molecule has 1 aliphatic rings. The van der Waals surface area contributed by atoms with Crippen molar-refractivity contribution in [2.24, 2.45) is 5.73 Å². The molecular formula is C10H16N3O7P. The molecule has 0 unspecified atom stereocenters. The third-order valence-electron chi connectivity index (χ3n) is 3.15. The number of nitrogens with one attached hydrogen (secondary N) is 1. The maximum Gasteiger partial charge on any atom is 0.469 e. The minimum Gasteiger partial charge on any atom is -0.351 e. The van der Waals surface area contributed by atoms with Gasteiger partial charge in [0.05, 0.1) is 12.7 Å². The van der Waals surface area contributed by atoms with Crippen molar-refractivity contribution in [3.63, 3.8) is 0 Å². The van der Waals surface area contributed by atoms with Gasteiger partial charge in [0.2, 0.25) is 0 Å². The smallest absolute Gasteiger partial charge is 0.351 e. The van der Waals surface area contributed by atoms with Crippen LogP contribution in [0.2, 0.25) is 0 Å². The number of aromatic nitrogens is 2. The standard InChI is InChI=1S/C10H16N3O7P/c1-5-3-13(10(15)12-9(5)14)8-2-6(11)7(20-8)4-19-21(16,17)18/h3,6-8H,2,4,11H2,1H3,(H,12,14,15)(H2,16,17,18)/t6-,7+,8-/m1/s1. The van der Waals surface area contributed by atoms with Gasteiger partial charge in [0, 0.05) is 24.2 Å². The van der Waals surface area contributed by atoms with Gasteiger partial charge in [-0.2, -0.15) is 0 Å². The van der Waals surface area contributed by atoms with E-state index < -0.39 is 37.4 Å². The Kier molecular flexibility index (Phi) is 4.47. The Labute approximate surface area is 118 Å². The van der Waals surface area contributed by atoms with Crippen LogP contribution in [0.3, 0.4) is 0 Å². The minimum absolute atomic E-state index is 0.251. The van der Waals surface area contributed by atoms with E-state index in [1.807, 2.05) is 0 Å². The molecule has 0 spiro atoms. The first-order chi connectivity index (χ1) is 9.67. The van der Waals surface area contributed by atoms with E-state index in [0.717, 1.165) is 0 Å². The number of nitrogens with two attached hydrogens (primary N) is 1. The van der Waals surface area contributed by atoms with Crippen LogP contribution in [0.25, 0.3) is 0 Å². The number of H-pyrrole nitrogens is 1. The van der Waals surface area contributed by atoms with Gasteiger partial charge in [0.15, 0.2) is 0 Å². The Hall–Kier alpha value is -1.29. The lowest BCUT2D eigenvalue weighted by molar-refractivity contribution is -0.0268. The van der Waals surface area contributed by atoms with Gasteiger partial charge in [-0.3, -0.25) is 18.9 Å². The van der Waals surface area contributed by atoms with Gasteiger partial charge in [0.25, 0.3) is 5.56 Å². The fourth-order valence-corrected chi connectivity index (χ4v) is 2.40. The molecule has 1 fully saturated rings. The summed E-state index contributed by atoms with van der Waals surface area (Å²) < 4.78 is 21.7. The van der Waals surface area contributed by atoms with Crippen LogP contribution in [0.4, 0.5) is 0 Å². The van der Waals surface area contributed by atoms with E-state index >= 15 is 0 Å².